The summed E-state index contributed by atoms with van der Waals surface area (Å²) < 4.78 is 16.4. The van der Waals surface area contributed by atoms with E-state index in [2.05, 4.69) is 11.8 Å². The number of benzene rings is 1. The third-order valence-electron chi connectivity index (χ3n) is 2.85. The van der Waals surface area contributed by atoms with E-state index in [0.29, 0.717) is 26.2 Å². The fourth-order valence-electron chi connectivity index (χ4n) is 1.72. The Labute approximate surface area is 127 Å². The maximum Gasteiger partial charge on any atom is 0.119 e. The van der Waals surface area contributed by atoms with Crippen molar-refractivity contribution in [2.45, 2.75) is 33.0 Å². The van der Waals surface area contributed by atoms with Crippen molar-refractivity contribution in [3.63, 3.8) is 0 Å². The van der Waals surface area contributed by atoms with Gasteiger partial charge < -0.3 is 19.3 Å². The first-order valence-electron chi connectivity index (χ1n) is 7.17. The number of aliphatic hydroxyl groups is 1. The van der Waals surface area contributed by atoms with E-state index in [4.69, 9.17) is 19.3 Å². The lowest BCUT2D eigenvalue weighted by atomic mass is 10.1. The summed E-state index contributed by atoms with van der Waals surface area (Å²) in [5.74, 6) is 6.76. The monoisotopic (exact) mass is 292 g/mol. The van der Waals surface area contributed by atoms with Crippen LogP contribution < -0.4 is 4.74 Å². The normalized spacial score (nSPS) is 11.6. The van der Waals surface area contributed by atoms with Crippen molar-refractivity contribution in [1.82, 2.24) is 0 Å². The summed E-state index contributed by atoms with van der Waals surface area (Å²) in [6, 6.07) is 5.71. The highest BCUT2D eigenvalue weighted by Crippen LogP contribution is 2.18. The van der Waals surface area contributed by atoms with Gasteiger partial charge in [0, 0.05) is 18.6 Å². The Morgan fingerprint density at radius 2 is 2.14 bits per heavy atom. The molecule has 0 radical (unpaired) electrons. The Morgan fingerprint density at radius 1 is 1.33 bits per heavy atom. The molecule has 0 aliphatic rings. The maximum absolute atomic E-state index is 8.79. The lowest BCUT2D eigenvalue weighted by Crippen LogP contribution is -2.16. The molecule has 0 fully saturated rings. The van der Waals surface area contributed by atoms with E-state index in [1.807, 2.05) is 32.0 Å². The van der Waals surface area contributed by atoms with Crippen LogP contribution in [0.25, 0.3) is 0 Å². The fraction of sp³-hybridized carbons (Fsp3) is 0.529. The summed E-state index contributed by atoms with van der Waals surface area (Å²) >= 11 is 0. The molecule has 0 amide bonds. The van der Waals surface area contributed by atoms with Crippen molar-refractivity contribution >= 4 is 0 Å². The topological polar surface area (TPSA) is 47.9 Å². The summed E-state index contributed by atoms with van der Waals surface area (Å²) in [6.45, 7) is 5.72. The third kappa shape index (κ3) is 6.63. The molecular weight excluding hydrogens is 268 g/mol. The molecule has 0 saturated carbocycles. The molecule has 1 atom stereocenters. The van der Waals surface area contributed by atoms with E-state index in [0.717, 1.165) is 16.9 Å². The molecule has 1 unspecified atom stereocenters. The molecule has 0 heterocycles. The Bertz CT molecular complexity index is 473. The average molecular weight is 292 g/mol. The van der Waals surface area contributed by atoms with Crippen LogP contribution in [0.5, 0.6) is 5.75 Å². The lowest BCUT2D eigenvalue weighted by Gasteiger charge is -2.14. The van der Waals surface area contributed by atoms with Crippen LogP contribution in [0.15, 0.2) is 18.2 Å². The highest BCUT2D eigenvalue weighted by molar-refractivity contribution is 5.45. The quantitative estimate of drug-likeness (QED) is 0.747. The van der Waals surface area contributed by atoms with Crippen molar-refractivity contribution in [2.75, 3.05) is 26.9 Å². The smallest absolute Gasteiger partial charge is 0.119 e. The fourth-order valence-corrected chi connectivity index (χ4v) is 1.72. The number of rotatable bonds is 8. The van der Waals surface area contributed by atoms with Gasteiger partial charge in [0.05, 0.1) is 33.0 Å². The molecule has 0 saturated heterocycles. The van der Waals surface area contributed by atoms with Crippen LogP contribution in [0.1, 0.15) is 31.4 Å². The molecule has 1 N–H and O–H groups in total. The van der Waals surface area contributed by atoms with Gasteiger partial charge >= 0.3 is 0 Å². The summed E-state index contributed by atoms with van der Waals surface area (Å²) in [5.41, 5.74) is 1.87. The Morgan fingerprint density at radius 3 is 2.81 bits per heavy atom. The molecule has 21 heavy (non-hydrogen) atoms. The van der Waals surface area contributed by atoms with E-state index in [9.17, 15) is 0 Å². The van der Waals surface area contributed by atoms with Gasteiger partial charge in [-0.05, 0) is 37.6 Å². The van der Waals surface area contributed by atoms with Crippen LogP contribution >= 0.6 is 0 Å². The van der Waals surface area contributed by atoms with E-state index in [1.165, 1.54) is 0 Å². The Hall–Kier alpha value is -1.54. The van der Waals surface area contributed by atoms with Gasteiger partial charge in [0.1, 0.15) is 5.75 Å². The summed E-state index contributed by atoms with van der Waals surface area (Å²) in [5, 5.41) is 8.79. The van der Waals surface area contributed by atoms with Crippen molar-refractivity contribution in [1.29, 1.82) is 0 Å². The molecular formula is C17H24O4. The highest BCUT2D eigenvalue weighted by atomic mass is 16.5. The minimum absolute atomic E-state index is 0.0226. The highest BCUT2D eigenvalue weighted by Gasteiger charge is 2.07. The van der Waals surface area contributed by atoms with Crippen LogP contribution in [-0.4, -0.2) is 38.1 Å². The minimum atomic E-state index is 0.0226. The van der Waals surface area contributed by atoms with Crippen LogP contribution in [-0.2, 0) is 16.1 Å². The standard InChI is InChI=1S/C17H24O4/c1-4-20-12-14(2)21-13-16-11-17(19-3)9-8-15(16)7-5-6-10-18/h8-9,11,14,18H,4,6,10,12-13H2,1-3H3. The summed E-state index contributed by atoms with van der Waals surface area (Å²) in [4.78, 5) is 0. The van der Waals surface area contributed by atoms with Crippen molar-refractivity contribution in [3.05, 3.63) is 29.3 Å². The number of aliphatic hydroxyl groups excluding tert-OH is 1. The Balaban J connectivity index is 2.74. The molecule has 0 aliphatic heterocycles. The molecule has 0 bridgehead atoms. The van der Waals surface area contributed by atoms with Crippen molar-refractivity contribution < 1.29 is 19.3 Å². The van der Waals surface area contributed by atoms with Gasteiger partial charge in [-0.15, -0.1) is 0 Å². The number of methoxy groups -OCH3 is 1. The first-order valence-corrected chi connectivity index (χ1v) is 7.17. The number of hydrogen-bond acceptors (Lipinski definition) is 4. The second kappa shape index (κ2) is 10.2. The van der Waals surface area contributed by atoms with Crippen LogP contribution in [0.2, 0.25) is 0 Å². The molecule has 0 spiro atoms. The number of ether oxygens (including phenoxy) is 3. The molecule has 1 aromatic rings. The first-order chi connectivity index (χ1) is 10.2. The van der Waals surface area contributed by atoms with Gasteiger partial charge in [-0.2, -0.15) is 0 Å². The lowest BCUT2D eigenvalue weighted by molar-refractivity contribution is -0.0117. The van der Waals surface area contributed by atoms with Crippen LogP contribution in [0, 0.1) is 11.8 Å². The van der Waals surface area contributed by atoms with E-state index in [1.54, 1.807) is 7.11 Å². The van der Waals surface area contributed by atoms with Crippen molar-refractivity contribution in [2.24, 2.45) is 0 Å². The molecule has 4 heteroatoms. The predicted octanol–water partition coefficient (Wildman–Crippen LogP) is 2.37. The van der Waals surface area contributed by atoms with Crippen LogP contribution in [0.3, 0.4) is 0 Å². The maximum atomic E-state index is 8.79. The van der Waals surface area contributed by atoms with Gasteiger partial charge in [-0.3, -0.25) is 0 Å². The number of hydrogen-bond donors (Lipinski definition) is 1. The van der Waals surface area contributed by atoms with E-state index in [-0.39, 0.29) is 12.7 Å². The predicted molar refractivity (Wildman–Crippen MR) is 82.3 cm³/mol. The average Bonchev–Trinajstić information content (AvgIpc) is 2.51. The van der Waals surface area contributed by atoms with Crippen LogP contribution in [0.4, 0.5) is 0 Å². The Kier molecular flexibility index (Phi) is 8.53. The molecule has 1 aromatic carbocycles. The summed E-state index contributed by atoms with van der Waals surface area (Å²) in [7, 11) is 1.63. The molecule has 116 valence electrons. The van der Waals surface area contributed by atoms with E-state index < -0.39 is 0 Å². The van der Waals surface area contributed by atoms with Gasteiger partial charge in [-0.1, -0.05) is 11.8 Å². The molecule has 0 aliphatic carbocycles. The summed E-state index contributed by atoms with van der Waals surface area (Å²) in [6.07, 6.45) is 0.488. The second-order valence-electron chi connectivity index (χ2n) is 4.58. The van der Waals surface area contributed by atoms with E-state index >= 15 is 0 Å². The minimum Gasteiger partial charge on any atom is -0.497 e. The second-order valence-corrected chi connectivity index (χ2v) is 4.58. The van der Waals surface area contributed by atoms with Crippen molar-refractivity contribution in [3.8, 4) is 17.6 Å². The van der Waals surface area contributed by atoms with Gasteiger partial charge in [0.15, 0.2) is 0 Å². The third-order valence-corrected chi connectivity index (χ3v) is 2.85. The zero-order valence-corrected chi connectivity index (χ0v) is 13.0. The zero-order valence-electron chi connectivity index (χ0n) is 13.0. The zero-order chi connectivity index (χ0) is 15.5. The largest absolute Gasteiger partial charge is 0.497 e. The van der Waals surface area contributed by atoms with Gasteiger partial charge in [0.25, 0.3) is 0 Å². The SMILES string of the molecule is CCOCC(C)OCc1cc(OC)ccc1C#CCCO. The molecule has 4 nitrogen and oxygen atoms in total. The molecule has 1 rings (SSSR count). The first kappa shape index (κ1) is 17.5. The van der Waals surface area contributed by atoms with Gasteiger partial charge in [0.2, 0.25) is 0 Å². The molecule has 0 aromatic heterocycles. The van der Waals surface area contributed by atoms with Gasteiger partial charge in [-0.25, -0.2) is 0 Å².